The minimum Gasteiger partial charge on any atom is -0.483 e. The molecule has 0 bridgehead atoms. The van der Waals surface area contributed by atoms with E-state index in [1.165, 1.54) is 0 Å². The smallest absolute Gasteiger partial charge is 0.259 e. The maximum atomic E-state index is 12.8. The number of aryl methyl sites for hydroxylation is 1. The predicted octanol–water partition coefficient (Wildman–Crippen LogP) is 5.53. The Balaban J connectivity index is 1.33. The summed E-state index contributed by atoms with van der Waals surface area (Å²) in [6.07, 6.45) is 0. The summed E-state index contributed by atoms with van der Waals surface area (Å²) in [4.78, 5) is 12.8. The molecule has 0 spiro atoms. The number of amides is 1. The van der Waals surface area contributed by atoms with Gasteiger partial charge in [0.1, 0.15) is 22.8 Å². The Kier molecular flexibility index (Phi) is 5.85. The molecule has 1 amide bonds. The van der Waals surface area contributed by atoms with E-state index in [9.17, 15) is 4.79 Å². The van der Waals surface area contributed by atoms with Gasteiger partial charge in [0.15, 0.2) is 6.61 Å². The molecule has 2 aromatic heterocycles. The number of carbonyl (C=O) groups excluding carboxylic acids is 1. The van der Waals surface area contributed by atoms with Crippen LogP contribution in [0.5, 0.6) is 5.75 Å². The SMILES string of the molecule is Cc1onc(-c2ccccc2)c1-c1nnc(COc2ccccc2C(=O)Nc2ccccc2)o1. The molecule has 5 aromatic rings. The van der Waals surface area contributed by atoms with Gasteiger partial charge in [-0.05, 0) is 31.2 Å². The average molecular weight is 452 g/mol. The fourth-order valence-electron chi connectivity index (χ4n) is 3.47. The van der Waals surface area contributed by atoms with Crippen LogP contribution in [-0.4, -0.2) is 21.3 Å². The molecule has 8 nitrogen and oxygen atoms in total. The molecular weight excluding hydrogens is 432 g/mol. The highest BCUT2D eigenvalue weighted by Gasteiger charge is 2.22. The van der Waals surface area contributed by atoms with Crippen molar-refractivity contribution in [2.45, 2.75) is 13.5 Å². The minimum absolute atomic E-state index is 0.00632. The van der Waals surface area contributed by atoms with Crippen LogP contribution in [0.15, 0.2) is 93.9 Å². The Bertz CT molecular complexity index is 1410. The number of ether oxygens (including phenoxy) is 1. The second-order valence-electron chi connectivity index (χ2n) is 7.43. The summed E-state index contributed by atoms with van der Waals surface area (Å²) in [7, 11) is 0. The van der Waals surface area contributed by atoms with Crippen LogP contribution in [0, 0.1) is 6.92 Å². The molecule has 0 aliphatic rings. The summed E-state index contributed by atoms with van der Waals surface area (Å²) in [6.45, 7) is 1.78. The number of nitrogens with zero attached hydrogens (tertiary/aromatic N) is 3. The minimum atomic E-state index is -0.277. The second-order valence-corrected chi connectivity index (χ2v) is 7.43. The maximum Gasteiger partial charge on any atom is 0.259 e. The van der Waals surface area contributed by atoms with E-state index in [0.29, 0.717) is 34.0 Å². The van der Waals surface area contributed by atoms with Gasteiger partial charge in [-0.2, -0.15) is 0 Å². The first kappa shape index (κ1) is 21.1. The number of para-hydroxylation sites is 2. The molecule has 3 aromatic carbocycles. The van der Waals surface area contributed by atoms with Crippen molar-refractivity contribution < 1.29 is 18.5 Å². The van der Waals surface area contributed by atoms with Crippen molar-refractivity contribution in [1.29, 1.82) is 0 Å². The van der Waals surface area contributed by atoms with Gasteiger partial charge in [0.25, 0.3) is 17.7 Å². The lowest BCUT2D eigenvalue weighted by atomic mass is 10.1. The third-order valence-electron chi connectivity index (χ3n) is 5.11. The second kappa shape index (κ2) is 9.41. The molecule has 5 rings (SSSR count). The normalized spacial score (nSPS) is 10.7. The molecule has 0 fully saturated rings. The molecule has 1 N–H and O–H groups in total. The molecule has 0 saturated heterocycles. The third-order valence-corrected chi connectivity index (χ3v) is 5.11. The average Bonchev–Trinajstić information content (AvgIpc) is 3.50. The summed E-state index contributed by atoms with van der Waals surface area (Å²) in [5.74, 6) is 1.24. The van der Waals surface area contributed by atoms with Crippen LogP contribution in [0.25, 0.3) is 22.7 Å². The Labute approximate surface area is 195 Å². The van der Waals surface area contributed by atoms with Crippen molar-refractivity contribution in [3.8, 4) is 28.5 Å². The van der Waals surface area contributed by atoms with Gasteiger partial charge in [0, 0.05) is 11.3 Å². The van der Waals surface area contributed by atoms with Gasteiger partial charge in [-0.15, -0.1) is 10.2 Å². The zero-order valence-corrected chi connectivity index (χ0v) is 18.3. The van der Waals surface area contributed by atoms with Crippen LogP contribution in [0.2, 0.25) is 0 Å². The topological polar surface area (TPSA) is 103 Å². The standard InChI is InChI=1S/C26H20N4O4/c1-17-23(24(30-34-17)18-10-4-2-5-11-18)26-29-28-22(33-26)16-32-21-15-9-8-14-20(21)25(31)27-19-12-6-3-7-13-19/h2-15H,16H2,1H3,(H,27,31). The van der Waals surface area contributed by atoms with Crippen LogP contribution in [0.1, 0.15) is 22.0 Å². The first-order chi connectivity index (χ1) is 16.7. The Morgan fingerprint density at radius 2 is 1.62 bits per heavy atom. The fraction of sp³-hybridized carbons (Fsp3) is 0.0769. The molecular formula is C26H20N4O4. The molecule has 0 saturated carbocycles. The van der Waals surface area contributed by atoms with Crippen LogP contribution in [0.4, 0.5) is 5.69 Å². The molecule has 0 aliphatic carbocycles. The number of hydrogen-bond acceptors (Lipinski definition) is 7. The number of aromatic nitrogens is 3. The van der Waals surface area contributed by atoms with Gasteiger partial charge in [-0.3, -0.25) is 4.79 Å². The lowest BCUT2D eigenvalue weighted by molar-refractivity contribution is 0.102. The van der Waals surface area contributed by atoms with Crippen LogP contribution in [0.3, 0.4) is 0 Å². The van der Waals surface area contributed by atoms with Crippen molar-refractivity contribution >= 4 is 11.6 Å². The first-order valence-corrected chi connectivity index (χ1v) is 10.6. The van der Waals surface area contributed by atoms with Gasteiger partial charge in [-0.25, -0.2) is 0 Å². The summed E-state index contributed by atoms with van der Waals surface area (Å²) < 4.78 is 17.1. The number of anilines is 1. The number of rotatable bonds is 7. The van der Waals surface area contributed by atoms with Gasteiger partial charge >= 0.3 is 0 Å². The van der Waals surface area contributed by atoms with E-state index in [1.807, 2.05) is 60.7 Å². The van der Waals surface area contributed by atoms with Gasteiger partial charge < -0.3 is 19.0 Å². The summed E-state index contributed by atoms with van der Waals surface area (Å²) >= 11 is 0. The van der Waals surface area contributed by atoms with Gasteiger partial charge in [0.05, 0.1) is 5.56 Å². The summed E-state index contributed by atoms with van der Waals surface area (Å²) in [5.41, 5.74) is 3.22. The van der Waals surface area contributed by atoms with Crippen molar-refractivity contribution in [2.75, 3.05) is 5.32 Å². The fourth-order valence-corrected chi connectivity index (χ4v) is 3.47. The van der Waals surface area contributed by atoms with E-state index in [2.05, 4.69) is 20.7 Å². The highest BCUT2D eigenvalue weighted by atomic mass is 16.5. The zero-order valence-electron chi connectivity index (χ0n) is 18.3. The zero-order chi connectivity index (χ0) is 23.3. The number of benzene rings is 3. The van der Waals surface area contributed by atoms with Gasteiger partial charge in [-0.1, -0.05) is 65.8 Å². The number of hydrogen-bond donors (Lipinski definition) is 1. The van der Waals surface area contributed by atoms with Crippen LogP contribution < -0.4 is 10.1 Å². The van der Waals surface area contributed by atoms with Crippen molar-refractivity contribution in [1.82, 2.24) is 15.4 Å². The molecule has 0 unspecified atom stereocenters. The lowest BCUT2D eigenvalue weighted by Crippen LogP contribution is -2.13. The number of carbonyl (C=O) groups is 1. The number of nitrogens with one attached hydrogen (secondary N) is 1. The molecule has 8 heteroatoms. The van der Waals surface area contributed by atoms with E-state index in [0.717, 1.165) is 5.56 Å². The highest BCUT2D eigenvalue weighted by molar-refractivity contribution is 6.06. The monoisotopic (exact) mass is 452 g/mol. The molecule has 0 radical (unpaired) electrons. The first-order valence-electron chi connectivity index (χ1n) is 10.6. The Hall–Kier alpha value is -4.72. The summed E-state index contributed by atoms with van der Waals surface area (Å²) in [5, 5.41) is 15.3. The van der Waals surface area contributed by atoms with E-state index in [4.69, 9.17) is 13.7 Å². The molecule has 2 heterocycles. The lowest BCUT2D eigenvalue weighted by Gasteiger charge is -2.10. The largest absolute Gasteiger partial charge is 0.483 e. The van der Waals surface area contributed by atoms with Crippen molar-refractivity contribution in [3.63, 3.8) is 0 Å². The van der Waals surface area contributed by atoms with Crippen LogP contribution >= 0.6 is 0 Å². The van der Waals surface area contributed by atoms with Crippen LogP contribution in [-0.2, 0) is 6.61 Å². The van der Waals surface area contributed by atoms with Crippen molar-refractivity contribution in [2.24, 2.45) is 0 Å². The molecule has 168 valence electrons. The molecule has 0 aliphatic heterocycles. The van der Waals surface area contributed by atoms with Crippen molar-refractivity contribution in [3.05, 3.63) is 102 Å². The van der Waals surface area contributed by atoms with Gasteiger partial charge in [0.2, 0.25) is 0 Å². The highest BCUT2D eigenvalue weighted by Crippen LogP contribution is 2.33. The Morgan fingerprint density at radius 1 is 0.912 bits per heavy atom. The van der Waals surface area contributed by atoms with E-state index >= 15 is 0 Å². The van der Waals surface area contributed by atoms with E-state index < -0.39 is 0 Å². The molecule has 0 atom stereocenters. The molecule has 34 heavy (non-hydrogen) atoms. The third kappa shape index (κ3) is 4.42. The van der Waals surface area contributed by atoms with E-state index in [-0.39, 0.29) is 24.3 Å². The Morgan fingerprint density at radius 3 is 2.41 bits per heavy atom. The van der Waals surface area contributed by atoms with E-state index in [1.54, 1.807) is 31.2 Å². The maximum absolute atomic E-state index is 12.8. The summed E-state index contributed by atoms with van der Waals surface area (Å²) in [6, 6.07) is 25.8. The quantitative estimate of drug-likeness (QED) is 0.346. The predicted molar refractivity (Wildman–Crippen MR) is 125 cm³/mol.